The van der Waals surface area contributed by atoms with E-state index in [0.717, 1.165) is 64.4 Å². The lowest BCUT2D eigenvalue weighted by Crippen LogP contribution is -2.52. The van der Waals surface area contributed by atoms with Crippen LogP contribution in [0.1, 0.15) is 56.0 Å². The number of para-hydroxylation sites is 1. The van der Waals surface area contributed by atoms with Crippen LogP contribution in [0.5, 0.6) is 0 Å². The summed E-state index contributed by atoms with van der Waals surface area (Å²) in [7, 11) is 0. The second-order valence-electron chi connectivity index (χ2n) is 12.5. The van der Waals surface area contributed by atoms with E-state index >= 15 is 0 Å². The molecule has 0 saturated heterocycles. The number of hydrogen-bond acceptors (Lipinski definition) is 6. The summed E-state index contributed by atoms with van der Waals surface area (Å²) in [4.78, 5) is 34.3. The van der Waals surface area contributed by atoms with Crippen molar-refractivity contribution in [2.24, 2.45) is 0 Å². The number of aromatic carboxylic acids is 1. The van der Waals surface area contributed by atoms with Gasteiger partial charge in [0.1, 0.15) is 11.4 Å². The molecule has 0 radical (unpaired) electrons. The largest absolute Gasteiger partial charge is 0.478 e. The highest BCUT2D eigenvalue weighted by Crippen LogP contribution is 2.46. The van der Waals surface area contributed by atoms with Crippen LogP contribution in [0.15, 0.2) is 91.1 Å². The molecule has 5 aromatic rings. The van der Waals surface area contributed by atoms with Gasteiger partial charge in [0.15, 0.2) is 5.82 Å². The Morgan fingerprint density at radius 2 is 1.64 bits per heavy atom. The Morgan fingerprint density at radius 1 is 0.933 bits per heavy atom. The molecule has 3 N–H and O–H groups in total. The van der Waals surface area contributed by atoms with Crippen LogP contribution in [0.25, 0.3) is 39.6 Å². The number of aromatic nitrogens is 3. The van der Waals surface area contributed by atoms with E-state index in [1.165, 1.54) is 0 Å². The predicted molar refractivity (Wildman–Crippen MR) is 173 cm³/mol. The first-order chi connectivity index (χ1) is 21.6. The number of imidazole rings is 1. The fraction of sp³-hybridized carbons (Fsp3) is 0.222. The van der Waals surface area contributed by atoms with Crippen molar-refractivity contribution in [1.29, 1.82) is 0 Å². The summed E-state index contributed by atoms with van der Waals surface area (Å²) in [5.41, 5.74) is 6.05. The molecule has 226 valence electrons. The van der Waals surface area contributed by atoms with E-state index in [4.69, 9.17) is 9.72 Å². The van der Waals surface area contributed by atoms with Gasteiger partial charge in [-0.15, -0.1) is 0 Å². The molecule has 0 bridgehead atoms. The van der Waals surface area contributed by atoms with E-state index in [2.05, 4.69) is 44.5 Å². The number of anilines is 2. The molecule has 1 saturated carbocycles. The fourth-order valence-electron chi connectivity index (χ4n) is 6.12. The Bertz CT molecular complexity index is 1930. The van der Waals surface area contributed by atoms with Crippen molar-refractivity contribution in [3.8, 4) is 39.6 Å². The molecule has 45 heavy (non-hydrogen) atoms. The summed E-state index contributed by atoms with van der Waals surface area (Å²) in [6.07, 6.45) is 4.01. The Labute approximate surface area is 260 Å². The first-order valence-corrected chi connectivity index (χ1v) is 15.0. The Morgan fingerprint density at radius 3 is 2.31 bits per heavy atom. The zero-order valence-electron chi connectivity index (χ0n) is 25.3. The molecule has 3 aromatic carbocycles. The van der Waals surface area contributed by atoms with E-state index in [-0.39, 0.29) is 5.56 Å². The lowest BCUT2D eigenvalue weighted by molar-refractivity contribution is 0.0377. The van der Waals surface area contributed by atoms with Crippen molar-refractivity contribution in [2.45, 2.75) is 51.2 Å². The number of nitrogens with zero attached hydrogens (tertiary/aromatic N) is 3. The monoisotopic (exact) mass is 599 g/mol. The maximum absolute atomic E-state index is 12.8. The molecular formula is C36H33N5O4. The number of fused-ring (bicyclic) bond motifs is 5. The number of ether oxygens (including phenoxy) is 1. The topological polar surface area (TPSA) is 118 Å². The molecule has 7 rings (SSSR count). The van der Waals surface area contributed by atoms with Crippen molar-refractivity contribution >= 4 is 23.6 Å². The maximum atomic E-state index is 12.8. The number of pyridine rings is 1. The van der Waals surface area contributed by atoms with Crippen LogP contribution < -0.4 is 10.6 Å². The highest BCUT2D eigenvalue weighted by atomic mass is 16.6. The second kappa shape index (κ2) is 10.6. The minimum Gasteiger partial charge on any atom is -0.478 e. The first-order valence-electron chi connectivity index (χ1n) is 15.0. The number of carbonyl (C=O) groups is 2. The fourth-order valence-corrected chi connectivity index (χ4v) is 6.12. The summed E-state index contributed by atoms with van der Waals surface area (Å²) in [5, 5.41) is 16.2. The molecule has 1 aliphatic carbocycles. The molecule has 2 aliphatic rings. The second-order valence-corrected chi connectivity index (χ2v) is 12.5. The quantitative estimate of drug-likeness (QED) is 0.184. The number of hydrogen-bond donors (Lipinski definition) is 3. The van der Waals surface area contributed by atoms with Crippen LogP contribution in [-0.2, 0) is 10.3 Å². The molecule has 0 spiro atoms. The van der Waals surface area contributed by atoms with E-state index in [1.54, 1.807) is 30.5 Å². The minimum atomic E-state index is -0.983. The number of carboxylic acid groups (broad SMARTS) is 1. The molecule has 3 heterocycles. The smallest absolute Gasteiger partial charge is 0.408 e. The van der Waals surface area contributed by atoms with Crippen LogP contribution in [0.3, 0.4) is 0 Å². The van der Waals surface area contributed by atoms with E-state index < -0.39 is 23.2 Å². The highest BCUT2D eigenvalue weighted by molar-refractivity contribution is 5.92. The zero-order chi connectivity index (χ0) is 31.3. The molecule has 9 nitrogen and oxygen atoms in total. The van der Waals surface area contributed by atoms with Gasteiger partial charge < -0.3 is 20.5 Å². The zero-order valence-corrected chi connectivity index (χ0v) is 25.3. The van der Waals surface area contributed by atoms with E-state index in [9.17, 15) is 14.7 Å². The summed E-state index contributed by atoms with van der Waals surface area (Å²) in [5.74, 6) is 0.452. The predicted octanol–water partition coefficient (Wildman–Crippen LogP) is 7.93. The number of alkyl carbamates (subject to hydrolysis) is 1. The summed E-state index contributed by atoms with van der Waals surface area (Å²) >= 11 is 0. The van der Waals surface area contributed by atoms with Crippen molar-refractivity contribution in [3.05, 3.63) is 102 Å². The average molecular weight is 600 g/mol. The third-order valence-electron chi connectivity index (χ3n) is 8.39. The number of nitrogens with one attached hydrogen (secondary N) is 2. The van der Waals surface area contributed by atoms with Gasteiger partial charge in [0, 0.05) is 22.9 Å². The standard InChI is InChI=1S/C36H33N5O4/c1-35(2,3)45-34(44)40-36(19-7-20-36)25-17-15-23(16-18-25)30-29(22-11-13-24(14-12-22)33(42)43)39-32-26-8-4-5-9-27(26)38-31-28(41(30)32)10-6-21-37-31/h4-6,8-18,21H,7,19-20H2,1-3H3,(H,37,38)(H,40,44)(H,42,43). The number of carboxylic acids is 1. The normalized spacial score (nSPS) is 14.5. The summed E-state index contributed by atoms with van der Waals surface area (Å²) in [6.45, 7) is 5.58. The molecule has 0 unspecified atom stereocenters. The maximum Gasteiger partial charge on any atom is 0.408 e. The average Bonchev–Trinajstić information content (AvgIpc) is 3.33. The lowest BCUT2D eigenvalue weighted by atomic mass is 9.71. The van der Waals surface area contributed by atoms with Gasteiger partial charge in [-0.2, -0.15) is 0 Å². The highest BCUT2D eigenvalue weighted by Gasteiger charge is 2.41. The van der Waals surface area contributed by atoms with Gasteiger partial charge in [0.25, 0.3) is 0 Å². The van der Waals surface area contributed by atoms with Crippen LogP contribution in [0.4, 0.5) is 16.3 Å². The molecule has 1 aliphatic heterocycles. The lowest BCUT2D eigenvalue weighted by Gasteiger charge is -2.43. The Kier molecular flexibility index (Phi) is 6.69. The molecular weight excluding hydrogens is 566 g/mol. The van der Waals surface area contributed by atoms with E-state index in [0.29, 0.717) is 11.5 Å². The molecule has 0 atom stereocenters. The van der Waals surface area contributed by atoms with Gasteiger partial charge in [-0.3, -0.25) is 4.57 Å². The van der Waals surface area contributed by atoms with Crippen molar-refractivity contribution in [2.75, 3.05) is 5.32 Å². The van der Waals surface area contributed by atoms with Crippen molar-refractivity contribution in [1.82, 2.24) is 19.9 Å². The molecule has 1 amide bonds. The number of amides is 1. The minimum absolute atomic E-state index is 0.206. The Balaban J connectivity index is 1.39. The number of carbonyl (C=O) groups excluding carboxylic acids is 1. The van der Waals surface area contributed by atoms with E-state index in [1.807, 2.05) is 57.2 Å². The molecule has 2 aromatic heterocycles. The van der Waals surface area contributed by atoms with Crippen LogP contribution in [0.2, 0.25) is 0 Å². The molecule has 9 heteroatoms. The van der Waals surface area contributed by atoms with Crippen LogP contribution in [0, 0.1) is 0 Å². The Hall–Kier alpha value is -5.44. The van der Waals surface area contributed by atoms with Gasteiger partial charge in [-0.25, -0.2) is 19.6 Å². The van der Waals surface area contributed by atoms with Crippen LogP contribution >= 0.6 is 0 Å². The van der Waals surface area contributed by atoms with Gasteiger partial charge >= 0.3 is 12.1 Å². The summed E-state index contributed by atoms with van der Waals surface area (Å²) in [6, 6.07) is 26.9. The number of benzene rings is 3. The van der Waals surface area contributed by atoms with Crippen molar-refractivity contribution in [3.63, 3.8) is 0 Å². The first kappa shape index (κ1) is 28.3. The third-order valence-corrected chi connectivity index (χ3v) is 8.39. The number of rotatable bonds is 5. The SMILES string of the molecule is CC(C)(C)OC(=O)NC1(c2ccc(-c3c(-c4ccc(C(=O)O)cc4)nc4n3-c3cccnc3Nc3ccccc3-4)cc2)CCC1. The van der Waals surface area contributed by atoms with Gasteiger partial charge in [-0.1, -0.05) is 48.5 Å². The van der Waals surface area contributed by atoms with Gasteiger partial charge in [-0.05, 0) is 82.0 Å². The van der Waals surface area contributed by atoms with Crippen molar-refractivity contribution < 1.29 is 19.4 Å². The van der Waals surface area contributed by atoms with Gasteiger partial charge in [0.05, 0.1) is 33.9 Å². The third kappa shape index (κ3) is 5.10. The van der Waals surface area contributed by atoms with Crippen LogP contribution in [-0.4, -0.2) is 37.3 Å². The summed E-state index contributed by atoms with van der Waals surface area (Å²) < 4.78 is 7.71. The molecule has 1 fully saturated rings. The van der Waals surface area contributed by atoms with Gasteiger partial charge in [0.2, 0.25) is 0 Å².